The van der Waals surface area contributed by atoms with Crippen LogP contribution in [0.25, 0.3) is 0 Å². The van der Waals surface area contributed by atoms with Gasteiger partial charge in [-0.15, -0.1) is 0 Å². The molecule has 0 aliphatic carbocycles. The van der Waals surface area contributed by atoms with Gasteiger partial charge in [0.2, 0.25) is 0 Å². The number of aldehydes is 1. The number of rotatable bonds is 7. The summed E-state index contributed by atoms with van der Waals surface area (Å²) < 4.78 is 9.20. The van der Waals surface area contributed by atoms with E-state index in [9.17, 15) is 19.5 Å². The fourth-order valence-corrected chi connectivity index (χ4v) is 2.58. The minimum Gasteiger partial charge on any atom is -0.463 e. The zero-order valence-electron chi connectivity index (χ0n) is 19.8. The third-order valence-electron chi connectivity index (χ3n) is 4.16. The number of benzene rings is 2. The van der Waals surface area contributed by atoms with E-state index in [2.05, 4.69) is 17.9 Å². The molecule has 0 heterocycles. The second-order valence-electron chi connectivity index (χ2n) is 6.74. The Kier molecular flexibility index (Phi) is 15.2. The molecule has 1 unspecified atom stereocenters. The highest BCUT2D eigenvalue weighted by molar-refractivity contribution is 6.31. The second-order valence-corrected chi connectivity index (χ2v) is 7.55. The fourth-order valence-electron chi connectivity index (χ4n) is 2.20. The Balaban J connectivity index is 0.000000541. The minimum absolute atomic E-state index is 0.00627. The molecule has 0 radical (unpaired) electrons. The molecule has 0 saturated heterocycles. The van der Waals surface area contributed by atoms with Crippen LogP contribution >= 0.6 is 23.2 Å². The van der Waals surface area contributed by atoms with E-state index in [-0.39, 0.29) is 18.1 Å². The molecular formula is C26H30Cl2O6. The molecule has 1 N–H and O–H groups in total. The van der Waals surface area contributed by atoms with Crippen molar-refractivity contribution in [2.24, 2.45) is 0 Å². The maximum absolute atomic E-state index is 11.4. The van der Waals surface area contributed by atoms with E-state index < -0.39 is 12.1 Å². The zero-order chi connectivity index (χ0) is 26.3. The largest absolute Gasteiger partial charge is 0.463 e. The van der Waals surface area contributed by atoms with Crippen LogP contribution in [0, 0.1) is 13.8 Å². The van der Waals surface area contributed by atoms with Gasteiger partial charge in [-0.1, -0.05) is 60.6 Å². The number of aliphatic hydroxyl groups excluding tert-OH is 1. The molecular weight excluding hydrogens is 479 g/mol. The van der Waals surface area contributed by atoms with Crippen molar-refractivity contribution in [1.29, 1.82) is 0 Å². The molecule has 1 atom stereocenters. The summed E-state index contributed by atoms with van der Waals surface area (Å²) in [5.74, 6) is -0.959. The van der Waals surface area contributed by atoms with Crippen LogP contribution in [0.3, 0.4) is 0 Å². The summed E-state index contributed by atoms with van der Waals surface area (Å²) in [5, 5.41) is 11.1. The van der Waals surface area contributed by atoms with Gasteiger partial charge in [-0.2, -0.15) is 0 Å². The molecule has 0 saturated carbocycles. The molecule has 34 heavy (non-hydrogen) atoms. The number of hydrogen-bond donors (Lipinski definition) is 1. The highest BCUT2D eigenvalue weighted by Crippen LogP contribution is 2.25. The van der Waals surface area contributed by atoms with Crippen LogP contribution in [0.2, 0.25) is 10.0 Å². The van der Waals surface area contributed by atoms with E-state index in [1.165, 1.54) is 0 Å². The molecule has 2 aromatic carbocycles. The van der Waals surface area contributed by atoms with Crippen molar-refractivity contribution in [2.45, 2.75) is 33.8 Å². The van der Waals surface area contributed by atoms with Gasteiger partial charge in [0.15, 0.2) is 0 Å². The van der Waals surface area contributed by atoms with Gasteiger partial charge < -0.3 is 14.6 Å². The molecule has 184 valence electrons. The molecule has 6 nitrogen and oxygen atoms in total. The number of ether oxygens (including phenoxy) is 2. The molecule has 0 fully saturated rings. The van der Waals surface area contributed by atoms with Crippen molar-refractivity contribution >= 4 is 41.4 Å². The van der Waals surface area contributed by atoms with E-state index in [1.807, 2.05) is 19.9 Å². The Hall–Kier alpha value is -2.93. The number of carbonyl (C=O) groups is 3. The molecule has 0 amide bonds. The third kappa shape index (κ3) is 11.3. The lowest BCUT2D eigenvalue weighted by molar-refractivity contribution is -0.140. The van der Waals surface area contributed by atoms with Crippen LogP contribution in [0.15, 0.2) is 61.2 Å². The van der Waals surface area contributed by atoms with Crippen molar-refractivity contribution < 1.29 is 29.0 Å². The Morgan fingerprint density at radius 1 is 1.00 bits per heavy atom. The average molecular weight is 509 g/mol. The van der Waals surface area contributed by atoms with Gasteiger partial charge >= 0.3 is 11.9 Å². The van der Waals surface area contributed by atoms with Crippen molar-refractivity contribution in [1.82, 2.24) is 0 Å². The summed E-state index contributed by atoms with van der Waals surface area (Å²) in [6.45, 7) is 14.6. The summed E-state index contributed by atoms with van der Waals surface area (Å²) in [6.07, 6.45) is 0.835. The van der Waals surface area contributed by atoms with Gasteiger partial charge in [-0.05, 0) is 56.5 Å². The molecule has 8 heteroatoms. The first-order chi connectivity index (χ1) is 16.0. The SMILES string of the molecule is C=C(C(=O)OCC)C(O)c1ccc(C)c(Cl)c1.C=CC(=O)OCC.Cc1ccc(C=O)cc1Cl. The first-order valence-electron chi connectivity index (χ1n) is 10.3. The van der Waals surface area contributed by atoms with Crippen molar-refractivity contribution in [3.8, 4) is 0 Å². The molecule has 0 spiro atoms. The van der Waals surface area contributed by atoms with E-state index in [1.54, 1.807) is 44.2 Å². The lowest BCUT2D eigenvalue weighted by Crippen LogP contribution is -2.13. The molecule has 0 bridgehead atoms. The summed E-state index contributed by atoms with van der Waals surface area (Å²) in [7, 11) is 0. The van der Waals surface area contributed by atoms with Crippen LogP contribution < -0.4 is 0 Å². The number of aliphatic hydroxyl groups is 1. The van der Waals surface area contributed by atoms with Gasteiger partial charge in [0.1, 0.15) is 12.4 Å². The van der Waals surface area contributed by atoms with Crippen LogP contribution in [0.4, 0.5) is 0 Å². The van der Waals surface area contributed by atoms with Gasteiger partial charge in [-0.3, -0.25) is 4.79 Å². The summed E-state index contributed by atoms with van der Waals surface area (Å²) in [5.41, 5.74) is 3.05. The van der Waals surface area contributed by atoms with E-state index in [0.717, 1.165) is 23.5 Å². The second kappa shape index (κ2) is 16.6. The van der Waals surface area contributed by atoms with Gasteiger partial charge in [-0.25, -0.2) is 9.59 Å². The van der Waals surface area contributed by atoms with Crippen LogP contribution in [0.1, 0.15) is 47.0 Å². The molecule has 2 aromatic rings. The topological polar surface area (TPSA) is 89.9 Å². The van der Waals surface area contributed by atoms with Crippen LogP contribution in [0.5, 0.6) is 0 Å². The Labute approximate surface area is 210 Å². The minimum atomic E-state index is -1.09. The Morgan fingerprint density at radius 3 is 1.94 bits per heavy atom. The van der Waals surface area contributed by atoms with Gasteiger partial charge in [0.25, 0.3) is 0 Å². The number of halogens is 2. The van der Waals surface area contributed by atoms with E-state index in [0.29, 0.717) is 27.8 Å². The van der Waals surface area contributed by atoms with Crippen molar-refractivity contribution in [2.75, 3.05) is 13.2 Å². The number of carbonyl (C=O) groups excluding carboxylic acids is 3. The predicted molar refractivity (Wildman–Crippen MR) is 135 cm³/mol. The highest BCUT2D eigenvalue weighted by Gasteiger charge is 2.19. The summed E-state index contributed by atoms with van der Waals surface area (Å²) in [4.78, 5) is 31.7. The van der Waals surface area contributed by atoms with E-state index >= 15 is 0 Å². The molecule has 0 aliphatic heterocycles. The summed E-state index contributed by atoms with van der Waals surface area (Å²) >= 11 is 11.7. The number of hydrogen-bond acceptors (Lipinski definition) is 6. The highest BCUT2D eigenvalue weighted by atomic mass is 35.5. The van der Waals surface area contributed by atoms with Gasteiger partial charge in [0.05, 0.1) is 18.8 Å². The summed E-state index contributed by atoms with van der Waals surface area (Å²) in [6, 6.07) is 10.3. The predicted octanol–water partition coefficient (Wildman–Crippen LogP) is 6.00. The first-order valence-corrected chi connectivity index (χ1v) is 11.1. The Morgan fingerprint density at radius 2 is 1.53 bits per heavy atom. The fraction of sp³-hybridized carbons (Fsp3) is 0.269. The van der Waals surface area contributed by atoms with Crippen LogP contribution in [-0.4, -0.2) is 36.5 Å². The lowest BCUT2D eigenvalue weighted by atomic mass is 10.0. The monoisotopic (exact) mass is 508 g/mol. The van der Waals surface area contributed by atoms with Crippen molar-refractivity contribution in [3.63, 3.8) is 0 Å². The maximum Gasteiger partial charge on any atom is 0.336 e. The van der Waals surface area contributed by atoms with E-state index in [4.69, 9.17) is 27.9 Å². The normalized spacial score (nSPS) is 10.3. The number of esters is 2. The average Bonchev–Trinajstić information content (AvgIpc) is 2.82. The standard InChI is InChI=1S/C13H15ClO3.C8H7ClO.C5H8O2/c1-4-17-13(16)9(3)12(15)10-6-5-8(2)11(14)7-10;1-6-2-3-7(5-10)4-8(6)9;1-3-5(6)7-4-2/h5-7,12,15H,3-4H2,1-2H3;2-5H,1H3;3H,1,4H2,2H3. The van der Waals surface area contributed by atoms with Crippen molar-refractivity contribution in [3.05, 3.63) is 93.5 Å². The zero-order valence-corrected chi connectivity index (χ0v) is 21.3. The first kappa shape index (κ1) is 31.1. The molecule has 0 aliphatic rings. The lowest BCUT2D eigenvalue weighted by Gasteiger charge is -2.13. The van der Waals surface area contributed by atoms with Gasteiger partial charge in [0, 0.05) is 21.7 Å². The molecule has 0 aromatic heterocycles. The number of aryl methyl sites for hydroxylation is 2. The Bertz CT molecular complexity index is 1000. The van der Waals surface area contributed by atoms with Crippen LogP contribution in [-0.2, 0) is 19.1 Å². The maximum atomic E-state index is 11.4. The quantitative estimate of drug-likeness (QED) is 0.280. The third-order valence-corrected chi connectivity index (χ3v) is 4.98. The molecule has 2 rings (SSSR count). The smallest absolute Gasteiger partial charge is 0.336 e.